The average molecular weight is 230 g/mol. The van der Waals surface area contributed by atoms with Gasteiger partial charge in [-0.15, -0.1) is 0 Å². The molecule has 0 heteroatoms. The molecule has 0 N–H and O–H groups in total. The third kappa shape index (κ3) is 6.99. The highest BCUT2D eigenvalue weighted by molar-refractivity contribution is 5.17. The molecule has 0 aliphatic carbocycles. The Morgan fingerprint density at radius 3 is 2.29 bits per heavy atom. The van der Waals surface area contributed by atoms with Gasteiger partial charge in [0.2, 0.25) is 0 Å². The van der Waals surface area contributed by atoms with E-state index in [1.807, 2.05) is 0 Å². The van der Waals surface area contributed by atoms with E-state index in [9.17, 15) is 0 Å². The van der Waals surface area contributed by atoms with E-state index in [2.05, 4.69) is 70.2 Å². The Hall–Kier alpha value is -1.04. The maximum atomic E-state index is 2.35. The van der Waals surface area contributed by atoms with E-state index in [0.29, 0.717) is 5.41 Å². The first kappa shape index (κ1) is 14.0. The first-order chi connectivity index (χ1) is 7.97. The molecule has 0 fully saturated rings. The Balaban J connectivity index is 2.27. The van der Waals surface area contributed by atoms with Crippen molar-refractivity contribution >= 4 is 0 Å². The van der Waals surface area contributed by atoms with Crippen molar-refractivity contribution in [2.75, 3.05) is 0 Å². The lowest BCUT2D eigenvalue weighted by Gasteiger charge is -2.22. The molecule has 1 aromatic rings. The Labute approximate surface area is 107 Å². The largest absolute Gasteiger partial charge is 0.0879 e. The van der Waals surface area contributed by atoms with Gasteiger partial charge in [-0.25, -0.2) is 0 Å². The standard InChI is InChI=1S/C17H26/c1-15(14-17(2,3)4)10-8-9-13-16-11-6-5-7-12-16/h5-9,11-12,15H,10,13-14H2,1-4H3. The van der Waals surface area contributed by atoms with Gasteiger partial charge in [0.1, 0.15) is 0 Å². The average Bonchev–Trinajstić information content (AvgIpc) is 2.23. The van der Waals surface area contributed by atoms with Crippen LogP contribution in [0.1, 0.15) is 46.1 Å². The molecule has 0 saturated heterocycles. The minimum Gasteiger partial charge on any atom is -0.0879 e. The van der Waals surface area contributed by atoms with Gasteiger partial charge in [0.05, 0.1) is 0 Å². The summed E-state index contributed by atoms with van der Waals surface area (Å²) in [4.78, 5) is 0. The topological polar surface area (TPSA) is 0 Å². The van der Waals surface area contributed by atoms with Crippen molar-refractivity contribution in [1.29, 1.82) is 0 Å². The molecule has 0 aliphatic rings. The molecule has 0 heterocycles. The molecule has 1 rings (SSSR count). The molecule has 1 atom stereocenters. The van der Waals surface area contributed by atoms with Gasteiger partial charge in [-0.3, -0.25) is 0 Å². The zero-order chi connectivity index (χ0) is 12.7. The highest BCUT2D eigenvalue weighted by Gasteiger charge is 2.13. The van der Waals surface area contributed by atoms with Crippen LogP contribution >= 0.6 is 0 Å². The van der Waals surface area contributed by atoms with Crippen molar-refractivity contribution in [2.24, 2.45) is 11.3 Å². The third-order valence-corrected chi connectivity index (χ3v) is 2.86. The summed E-state index contributed by atoms with van der Waals surface area (Å²) in [7, 11) is 0. The quantitative estimate of drug-likeness (QED) is 0.606. The normalized spacial score (nSPS) is 14.1. The van der Waals surface area contributed by atoms with Crippen molar-refractivity contribution in [3.8, 4) is 0 Å². The van der Waals surface area contributed by atoms with Crippen LogP contribution in [-0.2, 0) is 6.42 Å². The number of hydrogen-bond donors (Lipinski definition) is 0. The maximum absolute atomic E-state index is 2.35. The summed E-state index contributed by atoms with van der Waals surface area (Å²) in [5.74, 6) is 0.780. The van der Waals surface area contributed by atoms with Crippen LogP contribution in [0.15, 0.2) is 42.5 Å². The van der Waals surface area contributed by atoms with Crippen LogP contribution in [0.3, 0.4) is 0 Å². The predicted molar refractivity (Wildman–Crippen MR) is 77.1 cm³/mol. The van der Waals surface area contributed by atoms with Crippen LogP contribution in [0.2, 0.25) is 0 Å². The summed E-state index contributed by atoms with van der Waals surface area (Å²) < 4.78 is 0. The van der Waals surface area contributed by atoms with Crippen LogP contribution in [0, 0.1) is 11.3 Å². The fourth-order valence-electron chi connectivity index (χ4n) is 2.29. The van der Waals surface area contributed by atoms with E-state index in [1.54, 1.807) is 0 Å². The summed E-state index contributed by atoms with van der Waals surface area (Å²) in [6, 6.07) is 10.6. The van der Waals surface area contributed by atoms with Crippen molar-refractivity contribution in [3.05, 3.63) is 48.0 Å². The molecule has 0 nitrogen and oxygen atoms in total. The number of benzene rings is 1. The first-order valence-electron chi connectivity index (χ1n) is 6.66. The summed E-state index contributed by atoms with van der Waals surface area (Å²) in [6.07, 6.45) is 8.19. The summed E-state index contributed by atoms with van der Waals surface area (Å²) in [5.41, 5.74) is 1.85. The molecule has 0 amide bonds. The molecule has 0 saturated carbocycles. The second kappa shape index (κ2) is 6.64. The van der Waals surface area contributed by atoms with Gasteiger partial charge in [-0.2, -0.15) is 0 Å². The summed E-state index contributed by atoms with van der Waals surface area (Å²) >= 11 is 0. The zero-order valence-corrected chi connectivity index (χ0v) is 11.7. The van der Waals surface area contributed by atoms with Gasteiger partial charge in [0, 0.05) is 0 Å². The van der Waals surface area contributed by atoms with E-state index in [1.165, 1.54) is 18.4 Å². The molecule has 0 bridgehead atoms. The van der Waals surface area contributed by atoms with Gasteiger partial charge in [-0.05, 0) is 36.2 Å². The SMILES string of the molecule is CC(CC=CCc1ccccc1)CC(C)(C)C. The lowest BCUT2D eigenvalue weighted by Crippen LogP contribution is -2.10. The molecule has 0 radical (unpaired) electrons. The molecule has 0 spiro atoms. The smallest absolute Gasteiger partial charge is 0.00975 e. The zero-order valence-electron chi connectivity index (χ0n) is 11.7. The van der Waals surface area contributed by atoms with Crippen molar-refractivity contribution in [1.82, 2.24) is 0 Å². The van der Waals surface area contributed by atoms with E-state index in [4.69, 9.17) is 0 Å². The molecule has 17 heavy (non-hydrogen) atoms. The number of rotatable bonds is 5. The molecule has 94 valence electrons. The lowest BCUT2D eigenvalue weighted by atomic mass is 9.84. The van der Waals surface area contributed by atoms with Crippen molar-refractivity contribution < 1.29 is 0 Å². The fourth-order valence-corrected chi connectivity index (χ4v) is 2.29. The van der Waals surface area contributed by atoms with E-state index in [0.717, 1.165) is 12.3 Å². The third-order valence-electron chi connectivity index (χ3n) is 2.86. The van der Waals surface area contributed by atoms with E-state index >= 15 is 0 Å². The Bertz CT molecular complexity index is 327. The number of hydrogen-bond acceptors (Lipinski definition) is 0. The number of allylic oxidation sites excluding steroid dienone is 2. The second-order valence-corrected chi connectivity index (χ2v) is 6.27. The molecular weight excluding hydrogens is 204 g/mol. The predicted octanol–water partition coefficient (Wildman–Crippen LogP) is 5.25. The van der Waals surface area contributed by atoms with Crippen LogP contribution in [0.5, 0.6) is 0 Å². The van der Waals surface area contributed by atoms with Gasteiger partial charge in [0.25, 0.3) is 0 Å². The van der Waals surface area contributed by atoms with E-state index < -0.39 is 0 Å². The molecule has 1 aromatic carbocycles. The monoisotopic (exact) mass is 230 g/mol. The highest BCUT2D eigenvalue weighted by atomic mass is 14.2. The molecular formula is C17H26. The van der Waals surface area contributed by atoms with Crippen molar-refractivity contribution in [2.45, 2.75) is 47.0 Å². The van der Waals surface area contributed by atoms with Gasteiger partial charge in [-0.1, -0.05) is 70.2 Å². The Morgan fingerprint density at radius 2 is 1.71 bits per heavy atom. The maximum Gasteiger partial charge on any atom is -0.00975 e. The van der Waals surface area contributed by atoms with Crippen molar-refractivity contribution in [3.63, 3.8) is 0 Å². The summed E-state index contributed by atoms with van der Waals surface area (Å²) in [5, 5.41) is 0. The second-order valence-electron chi connectivity index (χ2n) is 6.27. The minimum absolute atomic E-state index is 0.451. The van der Waals surface area contributed by atoms with Crippen LogP contribution < -0.4 is 0 Å². The molecule has 0 aromatic heterocycles. The Kier molecular flexibility index (Phi) is 5.47. The minimum atomic E-state index is 0.451. The van der Waals surface area contributed by atoms with Gasteiger partial charge >= 0.3 is 0 Å². The molecule has 0 aliphatic heterocycles. The fraction of sp³-hybridized carbons (Fsp3) is 0.529. The Morgan fingerprint density at radius 1 is 1.06 bits per heavy atom. The van der Waals surface area contributed by atoms with Crippen LogP contribution in [0.25, 0.3) is 0 Å². The summed E-state index contributed by atoms with van der Waals surface area (Å²) in [6.45, 7) is 9.30. The lowest BCUT2D eigenvalue weighted by molar-refractivity contribution is 0.308. The molecule has 1 unspecified atom stereocenters. The van der Waals surface area contributed by atoms with Gasteiger partial charge < -0.3 is 0 Å². The first-order valence-corrected chi connectivity index (χ1v) is 6.66. The van der Waals surface area contributed by atoms with E-state index in [-0.39, 0.29) is 0 Å². The van der Waals surface area contributed by atoms with Crippen LogP contribution in [0.4, 0.5) is 0 Å². The van der Waals surface area contributed by atoms with Crippen LogP contribution in [-0.4, -0.2) is 0 Å². The highest BCUT2D eigenvalue weighted by Crippen LogP contribution is 2.26. The van der Waals surface area contributed by atoms with Gasteiger partial charge in [0.15, 0.2) is 0 Å².